The number of carbonyl (C=O) groups is 1. The molecule has 2 rings (SSSR count). The van der Waals surface area contributed by atoms with Gasteiger partial charge in [0.15, 0.2) is 18.1 Å². The number of hydrogen-bond donors (Lipinski definition) is 1. The van der Waals surface area contributed by atoms with Crippen LogP contribution in [0.3, 0.4) is 0 Å². The van der Waals surface area contributed by atoms with Crippen LogP contribution in [0.15, 0.2) is 65.8 Å². The summed E-state index contributed by atoms with van der Waals surface area (Å²) in [7, 11) is 0. The molecule has 24 heavy (non-hydrogen) atoms. The highest BCUT2D eigenvalue weighted by molar-refractivity contribution is 5.82. The van der Waals surface area contributed by atoms with Crippen LogP contribution >= 0.6 is 0 Å². The third-order valence-corrected chi connectivity index (χ3v) is 2.95. The normalized spacial score (nSPS) is 10.9. The summed E-state index contributed by atoms with van der Waals surface area (Å²) in [5.41, 5.74) is 3.47. The lowest BCUT2D eigenvalue weighted by Gasteiger charge is -2.10. The number of allylic oxidation sites excluding steroid dienone is 1. The summed E-state index contributed by atoms with van der Waals surface area (Å²) in [6.45, 7) is 2.29. The average Bonchev–Trinajstić information content (AvgIpc) is 2.62. The molecule has 2 aromatic carbocycles. The van der Waals surface area contributed by atoms with Crippen molar-refractivity contribution in [1.82, 2.24) is 5.43 Å². The molecule has 0 unspecified atom stereocenters. The maximum atomic E-state index is 11.7. The summed E-state index contributed by atoms with van der Waals surface area (Å²) in [6.07, 6.45) is 5.16. The van der Waals surface area contributed by atoms with Gasteiger partial charge in [-0.1, -0.05) is 48.5 Å². The Labute approximate surface area is 141 Å². The predicted molar refractivity (Wildman–Crippen MR) is 95.2 cm³/mol. The Morgan fingerprint density at radius 1 is 1.04 bits per heavy atom. The molecule has 0 heterocycles. The molecule has 0 fully saturated rings. The van der Waals surface area contributed by atoms with Crippen LogP contribution in [0.2, 0.25) is 0 Å². The Bertz CT molecular complexity index is 697. The summed E-state index contributed by atoms with van der Waals surface area (Å²) < 4.78 is 10.9. The Hall–Kier alpha value is -3.08. The quantitative estimate of drug-likeness (QED) is 0.599. The van der Waals surface area contributed by atoms with Crippen LogP contribution in [-0.2, 0) is 4.79 Å². The van der Waals surface area contributed by atoms with E-state index < -0.39 is 0 Å². The molecule has 124 valence electrons. The lowest BCUT2D eigenvalue weighted by atomic mass is 10.2. The second kappa shape index (κ2) is 9.84. The van der Waals surface area contributed by atoms with Crippen molar-refractivity contribution in [1.29, 1.82) is 0 Å². The van der Waals surface area contributed by atoms with Crippen LogP contribution in [0.25, 0.3) is 6.08 Å². The van der Waals surface area contributed by atoms with Crippen LogP contribution in [0, 0.1) is 0 Å². The molecule has 0 saturated carbocycles. The number of hydrogen-bond acceptors (Lipinski definition) is 4. The van der Waals surface area contributed by atoms with Gasteiger partial charge < -0.3 is 9.47 Å². The van der Waals surface area contributed by atoms with Gasteiger partial charge in [0, 0.05) is 6.21 Å². The van der Waals surface area contributed by atoms with E-state index in [4.69, 9.17) is 9.47 Å². The van der Waals surface area contributed by atoms with Gasteiger partial charge in [-0.05, 0) is 30.7 Å². The fourth-order valence-corrected chi connectivity index (χ4v) is 1.89. The van der Waals surface area contributed by atoms with Crippen LogP contribution < -0.4 is 14.9 Å². The van der Waals surface area contributed by atoms with E-state index in [9.17, 15) is 4.79 Å². The van der Waals surface area contributed by atoms with E-state index in [1.54, 1.807) is 18.2 Å². The molecule has 0 radical (unpaired) electrons. The molecule has 0 bridgehead atoms. The Morgan fingerprint density at radius 2 is 1.71 bits per heavy atom. The number of nitrogens with one attached hydrogen (secondary N) is 1. The summed E-state index contributed by atoms with van der Waals surface area (Å²) in [5.74, 6) is 0.801. The van der Waals surface area contributed by atoms with Crippen LogP contribution in [0.1, 0.15) is 12.5 Å². The number of nitrogens with zero attached hydrogens (tertiary/aromatic N) is 1. The zero-order valence-electron chi connectivity index (χ0n) is 13.5. The fraction of sp³-hybridized carbons (Fsp3) is 0.158. The third kappa shape index (κ3) is 5.96. The van der Waals surface area contributed by atoms with Crippen LogP contribution in [0.5, 0.6) is 11.5 Å². The molecule has 0 spiro atoms. The smallest absolute Gasteiger partial charge is 0.277 e. The first-order chi connectivity index (χ1) is 11.8. The van der Waals surface area contributed by atoms with Gasteiger partial charge in [0.1, 0.15) is 0 Å². The Kier molecular flexibility index (Phi) is 7.08. The van der Waals surface area contributed by atoms with Crippen molar-refractivity contribution in [3.05, 3.63) is 66.2 Å². The number of para-hydroxylation sites is 2. The zero-order chi connectivity index (χ0) is 17.0. The summed E-state index contributed by atoms with van der Waals surface area (Å²) in [5, 5.41) is 3.83. The average molecular weight is 324 g/mol. The van der Waals surface area contributed by atoms with Gasteiger partial charge in [0.25, 0.3) is 5.91 Å². The van der Waals surface area contributed by atoms with Crippen molar-refractivity contribution in [2.75, 3.05) is 13.2 Å². The maximum Gasteiger partial charge on any atom is 0.277 e. The minimum atomic E-state index is -0.342. The van der Waals surface area contributed by atoms with E-state index in [-0.39, 0.29) is 12.5 Å². The molecule has 5 nitrogen and oxygen atoms in total. The summed E-state index contributed by atoms with van der Waals surface area (Å²) in [4.78, 5) is 11.7. The van der Waals surface area contributed by atoms with Crippen molar-refractivity contribution in [3.8, 4) is 11.5 Å². The first-order valence-corrected chi connectivity index (χ1v) is 7.68. The van der Waals surface area contributed by atoms with E-state index in [1.807, 2.05) is 55.5 Å². The molecule has 0 aliphatic carbocycles. The van der Waals surface area contributed by atoms with Crippen molar-refractivity contribution < 1.29 is 14.3 Å². The first-order valence-electron chi connectivity index (χ1n) is 7.68. The SMILES string of the molecule is CCOc1ccccc1OCC(=O)N/N=C\C=C/c1ccccc1. The van der Waals surface area contributed by atoms with Crippen LogP contribution in [0.4, 0.5) is 0 Å². The van der Waals surface area contributed by atoms with E-state index in [0.29, 0.717) is 18.1 Å². The summed E-state index contributed by atoms with van der Waals surface area (Å²) in [6, 6.07) is 17.0. The second-order valence-electron chi connectivity index (χ2n) is 4.75. The van der Waals surface area contributed by atoms with E-state index >= 15 is 0 Å². The minimum absolute atomic E-state index is 0.135. The highest BCUT2D eigenvalue weighted by atomic mass is 16.5. The van der Waals surface area contributed by atoms with Gasteiger partial charge in [-0.25, -0.2) is 5.43 Å². The third-order valence-electron chi connectivity index (χ3n) is 2.95. The second-order valence-corrected chi connectivity index (χ2v) is 4.75. The number of benzene rings is 2. The highest BCUT2D eigenvalue weighted by Crippen LogP contribution is 2.26. The van der Waals surface area contributed by atoms with E-state index in [0.717, 1.165) is 5.56 Å². The van der Waals surface area contributed by atoms with Gasteiger partial charge in [0.05, 0.1) is 6.61 Å². The van der Waals surface area contributed by atoms with Gasteiger partial charge in [-0.2, -0.15) is 5.10 Å². The summed E-state index contributed by atoms with van der Waals surface area (Å²) >= 11 is 0. The van der Waals surface area contributed by atoms with Crippen molar-refractivity contribution in [3.63, 3.8) is 0 Å². The Morgan fingerprint density at radius 3 is 2.42 bits per heavy atom. The molecular weight excluding hydrogens is 304 g/mol. The number of rotatable bonds is 8. The largest absolute Gasteiger partial charge is 0.490 e. The number of ether oxygens (including phenoxy) is 2. The number of hydrazone groups is 1. The maximum absolute atomic E-state index is 11.7. The van der Waals surface area contributed by atoms with Gasteiger partial charge in [-0.15, -0.1) is 0 Å². The molecule has 0 saturated heterocycles. The minimum Gasteiger partial charge on any atom is -0.490 e. The number of amides is 1. The molecule has 0 aliphatic rings. The molecule has 0 aromatic heterocycles. The standard InChI is InChI=1S/C19H20N2O3/c1-2-23-17-12-6-7-13-18(17)24-15-19(22)21-20-14-8-11-16-9-4-3-5-10-16/h3-14H,2,15H2,1H3,(H,21,22)/b11-8-,20-14-. The van der Waals surface area contributed by atoms with Gasteiger partial charge >= 0.3 is 0 Å². The van der Waals surface area contributed by atoms with Gasteiger partial charge in [0.2, 0.25) is 0 Å². The highest BCUT2D eigenvalue weighted by Gasteiger charge is 2.06. The molecule has 5 heteroatoms. The van der Waals surface area contributed by atoms with Crippen molar-refractivity contribution >= 4 is 18.2 Å². The zero-order valence-corrected chi connectivity index (χ0v) is 13.5. The monoisotopic (exact) mass is 324 g/mol. The molecule has 0 atom stereocenters. The lowest BCUT2D eigenvalue weighted by Crippen LogP contribution is -2.24. The molecule has 1 amide bonds. The molecule has 1 N–H and O–H groups in total. The first kappa shape index (κ1) is 17.3. The number of carbonyl (C=O) groups excluding carboxylic acids is 1. The molecular formula is C19H20N2O3. The van der Waals surface area contributed by atoms with Crippen molar-refractivity contribution in [2.24, 2.45) is 5.10 Å². The van der Waals surface area contributed by atoms with Gasteiger partial charge in [-0.3, -0.25) is 4.79 Å². The predicted octanol–water partition coefficient (Wildman–Crippen LogP) is 3.28. The molecule has 2 aromatic rings. The topological polar surface area (TPSA) is 59.9 Å². The Balaban J connectivity index is 1.75. The lowest BCUT2D eigenvalue weighted by molar-refractivity contribution is -0.123. The van der Waals surface area contributed by atoms with Crippen LogP contribution in [-0.4, -0.2) is 25.3 Å². The van der Waals surface area contributed by atoms with Crippen molar-refractivity contribution in [2.45, 2.75) is 6.92 Å². The van der Waals surface area contributed by atoms with E-state index in [1.165, 1.54) is 6.21 Å². The molecule has 0 aliphatic heterocycles. The fourth-order valence-electron chi connectivity index (χ4n) is 1.89. The van der Waals surface area contributed by atoms with E-state index in [2.05, 4.69) is 10.5 Å².